The number of hydrogen-bond donors (Lipinski definition) is 3. The zero-order valence-electron chi connectivity index (χ0n) is 15.0. The maximum atomic E-state index is 13.7. The molecule has 3 aromatic heterocycles. The van der Waals surface area contributed by atoms with Gasteiger partial charge in [-0.25, -0.2) is 9.37 Å². The maximum absolute atomic E-state index is 13.7. The molecule has 8 heteroatoms. The number of nitrogens with zero attached hydrogens (tertiary/aromatic N) is 3. The fourth-order valence-electron chi connectivity index (χ4n) is 2.84. The molecule has 0 aliphatic rings. The summed E-state index contributed by atoms with van der Waals surface area (Å²) in [6.45, 7) is 1.99. The zero-order valence-corrected chi connectivity index (χ0v) is 15.0. The van der Waals surface area contributed by atoms with Crippen LogP contribution < -0.4 is 5.32 Å². The number of aromatic amines is 2. The molecular weight excluding hydrogens is 359 g/mol. The molecule has 0 spiro atoms. The second kappa shape index (κ2) is 7.43. The molecule has 140 valence electrons. The predicted molar refractivity (Wildman–Crippen MR) is 102 cm³/mol. The third kappa shape index (κ3) is 3.66. The van der Waals surface area contributed by atoms with Crippen molar-refractivity contribution in [3.8, 4) is 22.6 Å². The smallest absolute Gasteiger partial charge is 0.272 e. The van der Waals surface area contributed by atoms with Crippen molar-refractivity contribution in [3.05, 3.63) is 77.8 Å². The van der Waals surface area contributed by atoms with E-state index in [2.05, 4.69) is 30.5 Å². The number of rotatable bonds is 5. The minimum atomic E-state index is -0.351. The number of nitrogens with one attached hydrogen (secondary N) is 3. The standard InChI is InChI=1S/C20H17FN6O/c1-12-9-16(27-26-12)20(28)23-11-17-24-18(13-5-4-6-14(21)10-13)19(25-17)15-7-2-3-8-22-15/h2-10H,11H2,1H3,(H,23,28)(H,24,25)(H,26,27). The van der Waals surface area contributed by atoms with E-state index in [1.54, 1.807) is 24.4 Å². The number of carbonyl (C=O) groups excluding carboxylic acids is 1. The van der Waals surface area contributed by atoms with E-state index in [0.29, 0.717) is 34.2 Å². The summed E-state index contributed by atoms with van der Waals surface area (Å²) in [5.41, 5.74) is 3.63. The van der Waals surface area contributed by atoms with E-state index in [1.807, 2.05) is 25.1 Å². The van der Waals surface area contributed by atoms with Crippen LogP contribution in [0.4, 0.5) is 4.39 Å². The Bertz CT molecular complexity index is 1120. The van der Waals surface area contributed by atoms with Gasteiger partial charge < -0.3 is 10.3 Å². The summed E-state index contributed by atoms with van der Waals surface area (Å²) in [4.78, 5) is 24.3. The third-order valence-electron chi connectivity index (χ3n) is 4.13. The number of hydrogen-bond acceptors (Lipinski definition) is 4. The molecule has 0 fully saturated rings. The van der Waals surface area contributed by atoms with Crippen LogP contribution in [-0.4, -0.2) is 31.1 Å². The SMILES string of the molecule is Cc1cc(C(=O)NCc2nc(-c3cccc(F)c3)c(-c3ccccn3)[nH]2)n[nH]1. The van der Waals surface area contributed by atoms with E-state index in [4.69, 9.17) is 0 Å². The molecule has 4 aromatic rings. The summed E-state index contributed by atoms with van der Waals surface area (Å²) in [6.07, 6.45) is 1.67. The van der Waals surface area contributed by atoms with Crippen LogP contribution in [-0.2, 0) is 6.54 Å². The first-order chi connectivity index (χ1) is 13.6. The lowest BCUT2D eigenvalue weighted by atomic mass is 10.1. The molecule has 28 heavy (non-hydrogen) atoms. The van der Waals surface area contributed by atoms with Crippen LogP contribution in [0.2, 0.25) is 0 Å². The van der Waals surface area contributed by atoms with Gasteiger partial charge in [-0.05, 0) is 37.3 Å². The van der Waals surface area contributed by atoms with Gasteiger partial charge in [0.25, 0.3) is 5.91 Å². The zero-order chi connectivity index (χ0) is 19.5. The van der Waals surface area contributed by atoms with Crippen molar-refractivity contribution in [2.75, 3.05) is 0 Å². The van der Waals surface area contributed by atoms with Gasteiger partial charge in [0.1, 0.15) is 17.3 Å². The molecule has 0 saturated heterocycles. The summed E-state index contributed by atoms with van der Waals surface area (Å²) in [6, 6.07) is 13.4. The Morgan fingerprint density at radius 2 is 2.07 bits per heavy atom. The van der Waals surface area contributed by atoms with Gasteiger partial charge in [-0.3, -0.25) is 14.9 Å². The Kier molecular flexibility index (Phi) is 4.67. The number of imidazole rings is 1. The van der Waals surface area contributed by atoms with Crippen LogP contribution in [0, 0.1) is 12.7 Å². The Morgan fingerprint density at radius 1 is 1.18 bits per heavy atom. The van der Waals surface area contributed by atoms with E-state index < -0.39 is 0 Å². The molecule has 0 atom stereocenters. The first kappa shape index (κ1) is 17.6. The van der Waals surface area contributed by atoms with Crippen molar-refractivity contribution < 1.29 is 9.18 Å². The number of pyridine rings is 1. The highest BCUT2D eigenvalue weighted by Crippen LogP contribution is 2.29. The van der Waals surface area contributed by atoms with Gasteiger partial charge in [-0.2, -0.15) is 5.10 Å². The predicted octanol–water partition coefficient (Wildman–Crippen LogP) is 3.24. The van der Waals surface area contributed by atoms with Crippen molar-refractivity contribution in [2.45, 2.75) is 13.5 Å². The Labute approximate surface area is 160 Å². The topological polar surface area (TPSA) is 99.3 Å². The van der Waals surface area contributed by atoms with Crippen molar-refractivity contribution in [1.82, 2.24) is 30.5 Å². The quantitative estimate of drug-likeness (QED) is 0.498. The van der Waals surface area contributed by atoms with Crippen LogP contribution in [0.1, 0.15) is 22.0 Å². The summed E-state index contributed by atoms with van der Waals surface area (Å²) >= 11 is 0. The minimum Gasteiger partial charge on any atom is -0.343 e. The molecule has 0 saturated carbocycles. The van der Waals surface area contributed by atoms with Crippen LogP contribution in [0.25, 0.3) is 22.6 Å². The van der Waals surface area contributed by atoms with Crippen molar-refractivity contribution >= 4 is 5.91 Å². The molecule has 0 radical (unpaired) electrons. The summed E-state index contributed by atoms with van der Waals surface area (Å²) in [5, 5.41) is 9.44. The molecule has 7 nitrogen and oxygen atoms in total. The van der Waals surface area contributed by atoms with E-state index in [1.165, 1.54) is 12.1 Å². The fraction of sp³-hybridized carbons (Fsp3) is 0.100. The Morgan fingerprint density at radius 3 is 2.79 bits per heavy atom. The van der Waals surface area contributed by atoms with E-state index in [-0.39, 0.29) is 18.3 Å². The van der Waals surface area contributed by atoms with Crippen LogP contribution in [0.3, 0.4) is 0 Å². The number of halogens is 1. The monoisotopic (exact) mass is 376 g/mol. The Balaban J connectivity index is 1.64. The normalized spacial score (nSPS) is 10.8. The number of carbonyl (C=O) groups is 1. The number of H-pyrrole nitrogens is 2. The van der Waals surface area contributed by atoms with Gasteiger partial charge >= 0.3 is 0 Å². The van der Waals surface area contributed by atoms with Crippen molar-refractivity contribution in [2.24, 2.45) is 0 Å². The molecule has 0 bridgehead atoms. The first-order valence-electron chi connectivity index (χ1n) is 8.66. The molecule has 1 aromatic carbocycles. The van der Waals surface area contributed by atoms with Gasteiger partial charge in [0.2, 0.25) is 0 Å². The van der Waals surface area contributed by atoms with Crippen LogP contribution in [0.5, 0.6) is 0 Å². The summed E-state index contributed by atoms with van der Waals surface area (Å²) < 4.78 is 13.7. The van der Waals surface area contributed by atoms with Gasteiger partial charge in [0.05, 0.1) is 23.6 Å². The molecule has 3 N–H and O–H groups in total. The lowest BCUT2D eigenvalue weighted by Crippen LogP contribution is -2.23. The van der Waals surface area contributed by atoms with Crippen molar-refractivity contribution in [3.63, 3.8) is 0 Å². The number of aromatic nitrogens is 5. The minimum absolute atomic E-state index is 0.167. The maximum Gasteiger partial charge on any atom is 0.272 e. The lowest BCUT2D eigenvalue weighted by Gasteiger charge is -2.02. The van der Waals surface area contributed by atoms with Crippen LogP contribution in [0.15, 0.2) is 54.7 Å². The van der Waals surface area contributed by atoms with Crippen LogP contribution >= 0.6 is 0 Å². The molecular formula is C20H17FN6O. The van der Waals surface area contributed by atoms with Gasteiger partial charge in [0, 0.05) is 17.5 Å². The second-order valence-electron chi connectivity index (χ2n) is 6.25. The first-order valence-corrected chi connectivity index (χ1v) is 8.66. The molecule has 3 heterocycles. The highest BCUT2D eigenvalue weighted by atomic mass is 19.1. The van der Waals surface area contributed by atoms with Gasteiger partial charge in [-0.1, -0.05) is 18.2 Å². The second-order valence-corrected chi connectivity index (χ2v) is 6.25. The van der Waals surface area contributed by atoms with E-state index >= 15 is 0 Å². The highest BCUT2D eigenvalue weighted by molar-refractivity contribution is 5.92. The number of benzene rings is 1. The Hall–Kier alpha value is -3.81. The van der Waals surface area contributed by atoms with Gasteiger partial charge in [0.15, 0.2) is 0 Å². The molecule has 0 unspecified atom stereocenters. The summed E-state index contributed by atoms with van der Waals surface area (Å²) in [5.74, 6) is -0.135. The van der Waals surface area contributed by atoms with E-state index in [0.717, 1.165) is 5.69 Å². The largest absolute Gasteiger partial charge is 0.343 e. The number of amides is 1. The molecule has 4 rings (SSSR count). The molecule has 0 aliphatic carbocycles. The van der Waals surface area contributed by atoms with Gasteiger partial charge in [-0.15, -0.1) is 0 Å². The molecule has 0 aliphatic heterocycles. The highest BCUT2D eigenvalue weighted by Gasteiger charge is 2.16. The average Bonchev–Trinajstić information content (AvgIpc) is 3.33. The number of aryl methyl sites for hydroxylation is 1. The van der Waals surface area contributed by atoms with Crippen molar-refractivity contribution in [1.29, 1.82) is 0 Å². The molecule has 1 amide bonds. The fourth-order valence-corrected chi connectivity index (χ4v) is 2.84. The van der Waals surface area contributed by atoms with E-state index in [9.17, 15) is 9.18 Å². The average molecular weight is 376 g/mol. The third-order valence-corrected chi connectivity index (χ3v) is 4.13. The lowest BCUT2D eigenvalue weighted by molar-refractivity contribution is 0.0945. The summed E-state index contributed by atoms with van der Waals surface area (Å²) in [7, 11) is 0.